The van der Waals surface area contributed by atoms with Crippen LogP contribution in [0.25, 0.3) is 0 Å². The Hall–Kier alpha value is -2.77. The Kier molecular flexibility index (Phi) is 9.55. The molecule has 0 spiro atoms. The zero-order valence-corrected chi connectivity index (χ0v) is 23.9. The molecule has 208 valence electrons. The highest BCUT2D eigenvalue weighted by Crippen LogP contribution is 2.36. The van der Waals surface area contributed by atoms with E-state index in [-0.39, 0.29) is 18.0 Å². The molecule has 38 heavy (non-hydrogen) atoms. The fourth-order valence-corrected chi connectivity index (χ4v) is 5.92. The molecule has 0 N–H and O–H groups in total. The molecule has 0 heterocycles. The first kappa shape index (κ1) is 28.2. The number of carbonyl (C=O) groups is 1. The molecule has 7 heteroatoms. The summed E-state index contributed by atoms with van der Waals surface area (Å²) < 4.78 is 24.1. The highest BCUT2D eigenvalue weighted by Gasteiger charge is 2.30. The summed E-state index contributed by atoms with van der Waals surface area (Å²) in [5.74, 6) is 2.38. The van der Waals surface area contributed by atoms with Gasteiger partial charge in [-0.05, 0) is 103 Å². The number of ether oxygens (including phenoxy) is 4. The number of benzene rings is 2. The minimum Gasteiger partial charge on any atom is -0.493 e. The van der Waals surface area contributed by atoms with E-state index >= 15 is 0 Å². The minimum absolute atomic E-state index is 0.0993. The van der Waals surface area contributed by atoms with Gasteiger partial charge in [0.25, 0.3) is 0 Å². The molecule has 2 aromatic rings. The summed E-state index contributed by atoms with van der Waals surface area (Å²) in [6, 6.07) is 11.6. The highest BCUT2D eigenvalue weighted by molar-refractivity contribution is 6.09. The Labute approximate surface area is 228 Å². The van der Waals surface area contributed by atoms with Gasteiger partial charge in [-0.15, -0.1) is 0 Å². The van der Waals surface area contributed by atoms with Crippen LogP contribution < -0.4 is 18.9 Å². The fourth-order valence-electron chi connectivity index (χ4n) is 5.92. The van der Waals surface area contributed by atoms with Crippen LogP contribution in [0.5, 0.6) is 23.0 Å². The first-order valence-corrected chi connectivity index (χ1v) is 13.9. The molecule has 2 aliphatic carbocycles. The Bertz CT molecular complexity index is 1000. The van der Waals surface area contributed by atoms with Crippen LogP contribution in [0.2, 0.25) is 0 Å². The smallest absolute Gasteiger partial charge is 0.193 e. The average Bonchev–Trinajstić information content (AvgIpc) is 2.93. The van der Waals surface area contributed by atoms with E-state index in [1.54, 1.807) is 26.4 Å². The zero-order valence-electron chi connectivity index (χ0n) is 23.9. The van der Waals surface area contributed by atoms with Crippen molar-refractivity contribution in [2.75, 3.05) is 42.4 Å². The van der Waals surface area contributed by atoms with E-state index in [2.05, 4.69) is 38.0 Å². The van der Waals surface area contributed by atoms with Crippen LogP contribution in [0.3, 0.4) is 0 Å². The molecule has 4 atom stereocenters. The molecular formula is C31H44N2O5. The summed E-state index contributed by atoms with van der Waals surface area (Å²) in [5.41, 5.74) is 1.08. The van der Waals surface area contributed by atoms with E-state index in [0.29, 0.717) is 46.2 Å². The van der Waals surface area contributed by atoms with Crippen molar-refractivity contribution in [1.29, 1.82) is 0 Å². The lowest BCUT2D eigenvalue weighted by Gasteiger charge is -2.36. The molecule has 0 saturated heterocycles. The van der Waals surface area contributed by atoms with E-state index in [1.165, 1.54) is 12.8 Å². The van der Waals surface area contributed by atoms with Crippen LogP contribution in [-0.4, -0.2) is 82.3 Å². The molecule has 2 saturated carbocycles. The molecule has 0 bridgehead atoms. The SMILES string of the molecule is COc1cc(C(=O)c2ccc(O[C@@H]3CCCC[C@H]3N(C)C)c(OC)c2)ccc1O[C@@H]1CCCC[C@H]1N(C)C. The van der Waals surface area contributed by atoms with Crippen LogP contribution in [0.4, 0.5) is 0 Å². The molecule has 2 aliphatic rings. The molecule has 0 radical (unpaired) electrons. The van der Waals surface area contributed by atoms with Gasteiger partial charge in [-0.3, -0.25) is 4.79 Å². The topological polar surface area (TPSA) is 60.5 Å². The monoisotopic (exact) mass is 524 g/mol. The molecule has 2 fully saturated rings. The molecule has 4 rings (SSSR count). The lowest BCUT2D eigenvalue weighted by atomic mass is 9.91. The number of nitrogens with zero attached hydrogens (tertiary/aromatic N) is 2. The Morgan fingerprint density at radius 2 is 1.03 bits per heavy atom. The lowest BCUT2D eigenvalue weighted by molar-refractivity contribution is 0.0601. The van der Waals surface area contributed by atoms with Crippen molar-refractivity contribution in [2.24, 2.45) is 0 Å². The molecule has 7 nitrogen and oxygen atoms in total. The van der Waals surface area contributed by atoms with Crippen molar-refractivity contribution in [1.82, 2.24) is 9.80 Å². The van der Waals surface area contributed by atoms with Crippen molar-refractivity contribution in [3.8, 4) is 23.0 Å². The van der Waals surface area contributed by atoms with Gasteiger partial charge in [-0.1, -0.05) is 12.8 Å². The van der Waals surface area contributed by atoms with Crippen LogP contribution in [-0.2, 0) is 0 Å². The van der Waals surface area contributed by atoms with Crippen molar-refractivity contribution >= 4 is 5.78 Å². The van der Waals surface area contributed by atoms with Gasteiger partial charge in [0.05, 0.1) is 14.2 Å². The second-order valence-corrected chi connectivity index (χ2v) is 11.0. The summed E-state index contributed by atoms with van der Waals surface area (Å²) in [7, 11) is 11.6. The maximum atomic E-state index is 13.5. The van der Waals surface area contributed by atoms with E-state index in [1.807, 2.05) is 24.3 Å². The van der Waals surface area contributed by atoms with E-state index in [4.69, 9.17) is 18.9 Å². The third-order valence-electron chi connectivity index (χ3n) is 8.07. The number of rotatable bonds is 10. The molecule has 0 amide bonds. The number of likely N-dealkylation sites (N-methyl/N-ethyl adjacent to an activating group) is 2. The summed E-state index contributed by atoms with van der Waals surface area (Å²) in [5, 5.41) is 0. The summed E-state index contributed by atoms with van der Waals surface area (Å²) in [6.45, 7) is 0. The van der Waals surface area contributed by atoms with Crippen molar-refractivity contribution in [3.05, 3.63) is 47.5 Å². The van der Waals surface area contributed by atoms with Gasteiger partial charge in [0.15, 0.2) is 28.8 Å². The van der Waals surface area contributed by atoms with E-state index in [0.717, 1.165) is 38.5 Å². The van der Waals surface area contributed by atoms with Gasteiger partial charge in [0.2, 0.25) is 0 Å². The Morgan fingerprint density at radius 3 is 1.39 bits per heavy atom. The number of ketones is 1. The fraction of sp³-hybridized carbons (Fsp3) is 0.581. The molecular weight excluding hydrogens is 480 g/mol. The first-order valence-electron chi connectivity index (χ1n) is 13.9. The van der Waals surface area contributed by atoms with Gasteiger partial charge in [-0.2, -0.15) is 0 Å². The van der Waals surface area contributed by atoms with Gasteiger partial charge in [0, 0.05) is 23.2 Å². The highest BCUT2D eigenvalue weighted by atomic mass is 16.5. The minimum atomic E-state index is -0.104. The van der Waals surface area contributed by atoms with Gasteiger partial charge < -0.3 is 28.7 Å². The van der Waals surface area contributed by atoms with Crippen LogP contribution >= 0.6 is 0 Å². The van der Waals surface area contributed by atoms with Gasteiger partial charge in [0.1, 0.15) is 12.2 Å². The normalized spacial score (nSPS) is 23.8. The number of hydrogen-bond acceptors (Lipinski definition) is 7. The number of methoxy groups -OCH3 is 2. The summed E-state index contributed by atoms with van der Waals surface area (Å²) >= 11 is 0. The number of carbonyl (C=O) groups excluding carboxylic acids is 1. The maximum absolute atomic E-state index is 13.5. The first-order chi connectivity index (χ1) is 18.3. The van der Waals surface area contributed by atoms with Crippen molar-refractivity contribution in [2.45, 2.75) is 75.7 Å². The molecule has 0 aliphatic heterocycles. The standard InChI is InChI=1S/C31H44N2O5/c1-32(2)23-11-7-9-13-25(23)37-27-17-15-21(19-29(27)35-5)31(34)22-16-18-28(30(20-22)36-6)38-26-14-10-8-12-24(26)33(3)4/h15-20,23-26H,7-14H2,1-6H3/t23-,24-,25-,26-/m1/s1. The quantitative estimate of drug-likeness (QED) is 0.384. The predicted molar refractivity (Wildman–Crippen MR) is 150 cm³/mol. The Morgan fingerprint density at radius 1 is 0.632 bits per heavy atom. The third kappa shape index (κ3) is 6.44. The average molecular weight is 525 g/mol. The maximum Gasteiger partial charge on any atom is 0.193 e. The number of hydrogen-bond donors (Lipinski definition) is 0. The summed E-state index contributed by atoms with van der Waals surface area (Å²) in [6.07, 6.45) is 9.22. The van der Waals surface area contributed by atoms with Gasteiger partial charge >= 0.3 is 0 Å². The zero-order chi connectivity index (χ0) is 27.2. The van der Waals surface area contributed by atoms with Gasteiger partial charge in [-0.25, -0.2) is 0 Å². The molecule has 2 aromatic carbocycles. The predicted octanol–water partition coefficient (Wildman–Crippen LogP) is 5.44. The second-order valence-electron chi connectivity index (χ2n) is 11.0. The van der Waals surface area contributed by atoms with Crippen molar-refractivity contribution in [3.63, 3.8) is 0 Å². The van der Waals surface area contributed by atoms with E-state index in [9.17, 15) is 4.79 Å². The third-order valence-corrected chi connectivity index (χ3v) is 8.07. The van der Waals surface area contributed by atoms with Crippen molar-refractivity contribution < 1.29 is 23.7 Å². The Balaban J connectivity index is 1.51. The van der Waals surface area contributed by atoms with Crippen LogP contribution in [0.1, 0.15) is 67.3 Å². The molecule has 0 aromatic heterocycles. The lowest BCUT2D eigenvalue weighted by Crippen LogP contribution is -2.44. The van der Waals surface area contributed by atoms with E-state index < -0.39 is 0 Å². The van der Waals surface area contributed by atoms with Crippen LogP contribution in [0, 0.1) is 0 Å². The summed E-state index contributed by atoms with van der Waals surface area (Å²) in [4.78, 5) is 17.9. The largest absolute Gasteiger partial charge is 0.493 e. The second kappa shape index (κ2) is 12.9. The van der Waals surface area contributed by atoms with Crippen LogP contribution in [0.15, 0.2) is 36.4 Å². The molecule has 0 unspecified atom stereocenters.